The fourth-order valence-corrected chi connectivity index (χ4v) is 1.40. The van der Waals surface area contributed by atoms with E-state index in [1.165, 1.54) is 5.39 Å². The molecule has 1 radical (unpaired) electrons. The number of nitrogens with zero attached hydrogens (tertiary/aromatic N) is 1. The van der Waals surface area contributed by atoms with Crippen LogP contribution in [-0.2, 0) is 20.1 Å². The van der Waals surface area contributed by atoms with Gasteiger partial charge in [-0.3, -0.25) is 4.98 Å². The summed E-state index contributed by atoms with van der Waals surface area (Å²) in [6.07, 6.45) is 1.81. The number of hydrogen-bond donors (Lipinski definition) is 0. The zero-order chi connectivity index (χ0) is 11.1. The molecule has 0 unspecified atom stereocenters. The van der Waals surface area contributed by atoms with E-state index in [1.54, 1.807) is 0 Å². The van der Waals surface area contributed by atoms with Crippen molar-refractivity contribution in [2.45, 2.75) is 0 Å². The number of rotatable bonds is 0. The standard InChI is InChI=1S/C9H7N.C6H6.Ir/c1-2-6-9-8(4-1)5-3-7-10-9;1-2-4-6-5-3-1;/h1-7H;1-6H;. The van der Waals surface area contributed by atoms with Crippen molar-refractivity contribution in [3.63, 3.8) is 0 Å². The molecule has 0 saturated carbocycles. The van der Waals surface area contributed by atoms with Gasteiger partial charge < -0.3 is 0 Å². The molecule has 0 aliphatic rings. The number of para-hydroxylation sites is 1. The first-order valence-electron chi connectivity index (χ1n) is 5.26. The molecule has 0 fully saturated rings. The average Bonchev–Trinajstić information content (AvgIpc) is 2.42. The largest absolute Gasteiger partial charge is 0.256 e. The van der Waals surface area contributed by atoms with Crippen molar-refractivity contribution in [2.75, 3.05) is 0 Å². The molecule has 0 saturated heterocycles. The SMILES string of the molecule is [Ir].c1ccc2ncccc2c1.c1ccccc1. The molecule has 2 heteroatoms. The summed E-state index contributed by atoms with van der Waals surface area (Å²) in [4.78, 5) is 4.18. The first kappa shape index (κ1) is 13.6. The summed E-state index contributed by atoms with van der Waals surface area (Å²) in [6.45, 7) is 0. The van der Waals surface area contributed by atoms with Crippen LogP contribution < -0.4 is 0 Å². The summed E-state index contributed by atoms with van der Waals surface area (Å²) >= 11 is 0. The second-order valence-electron chi connectivity index (χ2n) is 3.35. The van der Waals surface area contributed by atoms with Gasteiger partial charge in [0.25, 0.3) is 0 Å². The number of pyridine rings is 1. The number of hydrogen-bond acceptors (Lipinski definition) is 1. The Balaban J connectivity index is 0.000000180. The second-order valence-corrected chi connectivity index (χ2v) is 3.35. The third-order valence-electron chi connectivity index (χ3n) is 2.18. The monoisotopic (exact) mass is 400 g/mol. The van der Waals surface area contributed by atoms with Crippen molar-refractivity contribution in [1.29, 1.82) is 0 Å². The molecule has 3 rings (SSSR count). The van der Waals surface area contributed by atoms with Gasteiger partial charge in [0.1, 0.15) is 0 Å². The molecular weight excluding hydrogens is 386 g/mol. The molecule has 0 atom stereocenters. The molecule has 1 nitrogen and oxygen atoms in total. The van der Waals surface area contributed by atoms with Crippen LogP contribution in [0.4, 0.5) is 0 Å². The molecule has 0 spiro atoms. The molecule has 1 heterocycles. The van der Waals surface area contributed by atoms with Crippen LogP contribution in [0.5, 0.6) is 0 Å². The maximum atomic E-state index is 4.18. The van der Waals surface area contributed by atoms with Crippen molar-refractivity contribution in [3.05, 3.63) is 79.0 Å². The first-order valence-corrected chi connectivity index (χ1v) is 5.26. The molecule has 3 aromatic rings. The van der Waals surface area contributed by atoms with Gasteiger partial charge in [-0.2, -0.15) is 0 Å². The van der Waals surface area contributed by atoms with E-state index in [2.05, 4.69) is 17.1 Å². The molecule has 0 N–H and O–H groups in total. The fraction of sp³-hybridized carbons (Fsp3) is 0. The maximum absolute atomic E-state index is 4.18. The fourth-order valence-electron chi connectivity index (χ4n) is 1.40. The van der Waals surface area contributed by atoms with Crippen molar-refractivity contribution in [3.8, 4) is 0 Å². The predicted molar refractivity (Wildman–Crippen MR) is 68.2 cm³/mol. The summed E-state index contributed by atoms with van der Waals surface area (Å²) in [5.74, 6) is 0. The van der Waals surface area contributed by atoms with Gasteiger partial charge in [-0.1, -0.05) is 60.7 Å². The van der Waals surface area contributed by atoms with E-state index in [0.717, 1.165) is 5.52 Å². The molecule has 0 aliphatic heterocycles. The van der Waals surface area contributed by atoms with E-state index in [-0.39, 0.29) is 20.1 Å². The van der Waals surface area contributed by atoms with Crippen LogP contribution in [0.25, 0.3) is 10.9 Å². The number of benzene rings is 2. The van der Waals surface area contributed by atoms with Crippen molar-refractivity contribution < 1.29 is 20.1 Å². The summed E-state index contributed by atoms with van der Waals surface area (Å²) in [5, 5.41) is 1.20. The topological polar surface area (TPSA) is 12.9 Å². The van der Waals surface area contributed by atoms with Gasteiger partial charge >= 0.3 is 0 Å². The molecule has 0 amide bonds. The van der Waals surface area contributed by atoms with Crippen LogP contribution in [0.15, 0.2) is 79.0 Å². The van der Waals surface area contributed by atoms with Gasteiger partial charge in [0, 0.05) is 31.7 Å². The Hall–Kier alpha value is -1.50. The Morgan fingerprint density at radius 3 is 1.71 bits per heavy atom. The third kappa shape index (κ3) is 4.47. The van der Waals surface area contributed by atoms with Gasteiger partial charge in [-0.15, -0.1) is 0 Å². The first-order chi connectivity index (χ1) is 7.97. The zero-order valence-electron chi connectivity index (χ0n) is 9.29. The third-order valence-corrected chi connectivity index (χ3v) is 2.18. The van der Waals surface area contributed by atoms with Crippen molar-refractivity contribution in [2.24, 2.45) is 0 Å². The molecule has 0 aliphatic carbocycles. The van der Waals surface area contributed by atoms with Gasteiger partial charge in [-0.25, -0.2) is 0 Å². The summed E-state index contributed by atoms with van der Waals surface area (Å²) in [7, 11) is 0. The minimum atomic E-state index is 0. The van der Waals surface area contributed by atoms with Crippen molar-refractivity contribution >= 4 is 10.9 Å². The zero-order valence-corrected chi connectivity index (χ0v) is 11.7. The maximum Gasteiger partial charge on any atom is 0.0701 e. The summed E-state index contributed by atoms with van der Waals surface area (Å²) in [6, 6.07) is 24.1. The molecule has 1 aromatic heterocycles. The minimum Gasteiger partial charge on any atom is -0.256 e. The van der Waals surface area contributed by atoms with Gasteiger partial charge in [0.15, 0.2) is 0 Å². The molecule has 0 bridgehead atoms. The van der Waals surface area contributed by atoms with E-state index < -0.39 is 0 Å². The Bertz CT molecular complexity index is 445. The van der Waals surface area contributed by atoms with Crippen LogP contribution in [0, 0.1) is 0 Å². The van der Waals surface area contributed by atoms with Gasteiger partial charge in [-0.05, 0) is 12.1 Å². The minimum absolute atomic E-state index is 0. The smallest absolute Gasteiger partial charge is 0.0701 e. The summed E-state index contributed by atoms with van der Waals surface area (Å²) < 4.78 is 0. The molecule has 2 aromatic carbocycles. The van der Waals surface area contributed by atoms with E-state index in [1.807, 2.05) is 66.9 Å². The van der Waals surface area contributed by atoms with Crippen molar-refractivity contribution in [1.82, 2.24) is 4.98 Å². The molecular formula is C15H13IrN. The van der Waals surface area contributed by atoms with E-state index in [9.17, 15) is 0 Å². The normalized spacial score (nSPS) is 8.71. The van der Waals surface area contributed by atoms with Crippen LogP contribution in [0.1, 0.15) is 0 Å². The van der Waals surface area contributed by atoms with E-state index in [4.69, 9.17) is 0 Å². The van der Waals surface area contributed by atoms with Crippen LogP contribution >= 0.6 is 0 Å². The van der Waals surface area contributed by atoms with Crippen LogP contribution in [-0.4, -0.2) is 4.98 Å². The second kappa shape index (κ2) is 7.72. The predicted octanol–water partition coefficient (Wildman–Crippen LogP) is 3.92. The van der Waals surface area contributed by atoms with Gasteiger partial charge in [0.2, 0.25) is 0 Å². The average molecular weight is 399 g/mol. The Morgan fingerprint density at radius 2 is 1.12 bits per heavy atom. The van der Waals surface area contributed by atoms with Gasteiger partial charge in [0.05, 0.1) is 5.52 Å². The van der Waals surface area contributed by atoms with Crippen LogP contribution in [0.3, 0.4) is 0 Å². The molecule has 17 heavy (non-hydrogen) atoms. The number of fused-ring (bicyclic) bond motifs is 1. The quantitative estimate of drug-likeness (QED) is 0.558. The number of aromatic nitrogens is 1. The van der Waals surface area contributed by atoms with E-state index >= 15 is 0 Å². The Morgan fingerprint density at radius 1 is 0.588 bits per heavy atom. The summed E-state index contributed by atoms with van der Waals surface area (Å²) in [5.41, 5.74) is 1.06. The Labute approximate surface area is 115 Å². The van der Waals surface area contributed by atoms with Crippen LogP contribution in [0.2, 0.25) is 0 Å². The molecule has 87 valence electrons. The Kier molecular flexibility index (Phi) is 6.16. The van der Waals surface area contributed by atoms with E-state index in [0.29, 0.717) is 0 Å².